The molecule has 2 aromatic heterocycles. The van der Waals surface area contributed by atoms with Crippen LogP contribution in [0.2, 0.25) is 0 Å². The zero-order valence-electron chi connectivity index (χ0n) is 45.4. The van der Waals surface area contributed by atoms with E-state index in [1.54, 1.807) is 0 Å². The summed E-state index contributed by atoms with van der Waals surface area (Å²) in [7, 11) is 0. The number of pyridine rings is 1. The molecule has 0 bridgehead atoms. The van der Waals surface area contributed by atoms with Crippen LogP contribution < -0.4 is 14.5 Å². The molecule has 0 spiro atoms. The molecule has 0 fully saturated rings. The molecule has 6 heteroatoms. The molecule has 1 aliphatic rings. The third kappa shape index (κ3) is 9.83. The van der Waals surface area contributed by atoms with Gasteiger partial charge >= 0.3 is 0 Å². The predicted octanol–water partition coefficient (Wildman–Crippen LogP) is 17.6. The smallest absolute Gasteiger partial charge is 0.135 e. The third-order valence-corrected chi connectivity index (χ3v) is 14.5. The SMILES string of the molecule is CC(C)(C)C1=C(C(C)(C)C)N(c2cccc(C(C)(C)C)c2)[CH-]N1c1[c-]c(Oc2[c-]c3c(c(C(C)(C)c4ccccc4)c2)c2ccccc2n3-c2cc(C(C)(C)c3ccccc3)ccn2)cc(C(C)(C)C)c1.[Pt]. The van der Waals surface area contributed by atoms with Crippen LogP contribution in [-0.4, -0.2) is 9.55 Å². The molecule has 3 heterocycles. The van der Waals surface area contributed by atoms with Gasteiger partial charge < -0.3 is 19.1 Å². The third-order valence-electron chi connectivity index (χ3n) is 14.5. The normalized spacial score (nSPS) is 14.1. The standard InChI is InChI=1S/C66H73N4O.Pt/c1-61(2,3)46-30-25-31-49(36-46)68-43-69(60(64(10,11)12)59(68)63(7,8)9)50-37-48(62(4,5)6)38-51(40-50)71-52-41-54(66(15,16)45-28-21-18-22-29-45)58-53-32-23-24-33-55(53)70(56(58)42-52)57-39-47(34-35-67-57)65(13,14)44-26-19-17-20-27-44;/h17-39,41,43H,1-16H3;/q-3;. The van der Waals surface area contributed by atoms with Gasteiger partial charge in [-0.3, -0.25) is 0 Å². The van der Waals surface area contributed by atoms with E-state index in [-0.39, 0.29) is 48.1 Å². The largest absolute Gasteiger partial charge is 0.509 e. The summed E-state index contributed by atoms with van der Waals surface area (Å²) in [6.45, 7) is 39.1. The fourth-order valence-electron chi connectivity index (χ4n) is 10.4. The second-order valence-electron chi connectivity index (χ2n) is 24.8. The van der Waals surface area contributed by atoms with Gasteiger partial charge in [-0.15, -0.1) is 53.8 Å². The Labute approximate surface area is 445 Å². The molecule has 0 radical (unpaired) electrons. The Bertz CT molecular complexity index is 3300. The zero-order chi connectivity index (χ0) is 51.1. The summed E-state index contributed by atoms with van der Waals surface area (Å²) < 4.78 is 9.56. The van der Waals surface area contributed by atoms with E-state index < -0.39 is 5.41 Å². The Kier molecular flexibility index (Phi) is 13.7. The molecule has 0 saturated heterocycles. The Morgan fingerprint density at radius 3 is 1.64 bits per heavy atom. The summed E-state index contributed by atoms with van der Waals surface area (Å²) in [5.74, 6) is 2.07. The molecule has 5 nitrogen and oxygen atoms in total. The molecule has 0 atom stereocenters. The molecular weight excluding hydrogens is 1060 g/mol. The van der Waals surface area contributed by atoms with Crippen molar-refractivity contribution in [3.63, 3.8) is 0 Å². The summed E-state index contributed by atoms with van der Waals surface area (Å²) in [4.78, 5) is 9.91. The first-order chi connectivity index (χ1) is 33.2. The van der Waals surface area contributed by atoms with Crippen LogP contribution in [-0.2, 0) is 42.7 Å². The van der Waals surface area contributed by atoms with Crippen LogP contribution in [0, 0.1) is 29.6 Å². The molecule has 0 aliphatic carbocycles. The van der Waals surface area contributed by atoms with Crippen molar-refractivity contribution in [2.45, 2.75) is 132 Å². The molecule has 0 N–H and O–H groups in total. The number of hydrogen-bond donors (Lipinski definition) is 0. The number of rotatable bonds is 9. The van der Waals surface area contributed by atoms with Crippen LogP contribution in [0.3, 0.4) is 0 Å². The maximum Gasteiger partial charge on any atom is 0.135 e. The molecule has 0 amide bonds. The minimum absolute atomic E-state index is 0. The number of anilines is 2. The number of ether oxygens (including phenoxy) is 1. The van der Waals surface area contributed by atoms with Crippen LogP contribution in [0.1, 0.15) is 144 Å². The van der Waals surface area contributed by atoms with Gasteiger partial charge in [-0.2, -0.15) is 0 Å². The fraction of sp³-hybridized carbons (Fsp3) is 0.333. The van der Waals surface area contributed by atoms with Crippen molar-refractivity contribution >= 4 is 33.2 Å². The zero-order valence-corrected chi connectivity index (χ0v) is 47.7. The van der Waals surface area contributed by atoms with Crippen molar-refractivity contribution in [2.24, 2.45) is 10.8 Å². The molecule has 6 aromatic carbocycles. The molecular formula is C66H73N4OPt-3. The van der Waals surface area contributed by atoms with E-state index in [1.807, 2.05) is 6.20 Å². The van der Waals surface area contributed by atoms with Crippen molar-refractivity contribution < 1.29 is 25.8 Å². The Hall–Kier alpha value is -5.90. The average molecular weight is 1130 g/mol. The summed E-state index contributed by atoms with van der Waals surface area (Å²) in [6.07, 6.45) is 1.95. The maximum absolute atomic E-state index is 7.28. The molecule has 72 heavy (non-hydrogen) atoms. The second-order valence-corrected chi connectivity index (χ2v) is 24.8. The summed E-state index contributed by atoms with van der Waals surface area (Å²) in [6, 6.07) is 58.1. The number of fused-ring (bicyclic) bond motifs is 3. The maximum atomic E-state index is 7.28. The van der Waals surface area contributed by atoms with E-state index in [0.717, 1.165) is 50.1 Å². The minimum Gasteiger partial charge on any atom is -0.509 e. The average Bonchev–Trinajstić information content (AvgIpc) is 3.90. The van der Waals surface area contributed by atoms with Crippen LogP contribution in [0.4, 0.5) is 11.4 Å². The van der Waals surface area contributed by atoms with Gasteiger partial charge in [-0.25, -0.2) is 4.98 Å². The van der Waals surface area contributed by atoms with Crippen molar-refractivity contribution in [1.82, 2.24) is 9.55 Å². The topological polar surface area (TPSA) is 33.5 Å². The van der Waals surface area contributed by atoms with Crippen LogP contribution in [0.25, 0.3) is 27.6 Å². The first-order valence-corrected chi connectivity index (χ1v) is 25.4. The Morgan fingerprint density at radius 2 is 1.03 bits per heavy atom. The van der Waals surface area contributed by atoms with Crippen molar-refractivity contribution in [3.05, 3.63) is 209 Å². The van der Waals surface area contributed by atoms with E-state index in [1.165, 1.54) is 33.6 Å². The van der Waals surface area contributed by atoms with Gasteiger partial charge in [0.1, 0.15) is 5.82 Å². The summed E-state index contributed by atoms with van der Waals surface area (Å²) in [5, 5.41) is 2.27. The van der Waals surface area contributed by atoms with E-state index in [4.69, 9.17) is 9.72 Å². The Balaban J connectivity index is 0.00000693. The number of hydrogen-bond acceptors (Lipinski definition) is 4. The monoisotopic (exact) mass is 1130 g/mol. The summed E-state index contributed by atoms with van der Waals surface area (Å²) >= 11 is 0. The molecule has 8 aromatic rings. The molecule has 9 rings (SSSR count). The van der Waals surface area contributed by atoms with E-state index in [9.17, 15) is 0 Å². The predicted molar refractivity (Wildman–Crippen MR) is 299 cm³/mol. The van der Waals surface area contributed by atoms with Crippen molar-refractivity contribution in [1.29, 1.82) is 0 Å². The first kappa shape index (κ1) is 52.4. The van der Waals surface area contributed by atoms with Gasteiger partial charge in [0.05, 0.1) is 0 Å². The second kappa shape index (κ2) is 18.9. The van der Waals surface area contributed by atoms with Gasteiger partial charge in [-0.1, -0.05) is 213 Å². The van der Waals surface area contributed by atoms with Crippen LogP contribution >= 0.6 is 0 Å². The molecule has 0 unspecified atom stereocenters. The summed E-state index contributed by atoms with van der Waals surface area (Å²) in [5.41, 5.74) is 12.4. The van der Waals surface area contributed by atoms with E-state index >= 15 is 0 Å². The number of allylic oxidation sites excluding steroid dienone is 2. The van der Waals surface area contributed by atoms with Crippen molar-refractivity contribution in [2.75, 3.05) is 9.80 Å². The van der Waals surface area contributed by atoms with Gasteiger partial charge in [0.15, 0.2) is 0 Å². The molecule has 376 valence electrons. The minimum atomic E-state index is -0.428. The Morgan fingerprint density at radius 1 is 0.472 bits per heavy atom. The van der Waals surface area contributed by atoms with E-state index in [2.05, 4.69) is 283 Å². The number of nitrogens with zero attached hydrogens (tertiary/aromatic N) is 4. The van der Waals surface area contributed by atoms with Gasteiger partial charge in [-0.05, 0) is 74.2 Å². The van der Waals surface area contributed by atoms with Gasteiger partial charge in [0.2, 0.25) is 0 Å². The number of benzene rings is 6. The van der Waals surface area contributed by atoms with Crippen molar-refractivity contribution in [3.8, 4) is 17.3 Å². The fourth-order valence-corrected chi connectivity index (χ4v) is 10.4. The number of aromatic nitrogens is 2. The van der Waals surface area contributed by atoms with Gasteiger partial charge in [0.25, 0.3) is 0 Å². The molecule has 0 saturated carbocycles. The molecule has 1 aliphatic heterocycles. The van der Waals surface area contributed by atoms with Gasteiger partial charge in [0, 0.05) is 77.6 Å². The quantitative estimate of drug-likeness (QED) is 0.135. The first-order valence-electron chi connectivity index (χ1n) is 25.4. The van der Waals surface area contributed by atoms with Crippen LogP contribution in [0.15, 0.2) is 157 Å². The van der Waals surface area contributed by atoms with E-state index in [0.29, 0.717) is 11.5 Å². The number of para-hydroxylation sites is 1. The van der Waals surface area contributed by atoms with Crippen LogP contribution in [0.5, 0.6) is 11.5 Å².